The van der Waals surface area contributed by atoms with Gasteiger partial charge in [0.2, 0.25) is 5.91 Å². The summed E-state index contributed by atoms with van der Waals surface area (Å²) in [5.74, 6) is -1.94. The molecule has 0 saturated carbocycles. The fraction of sp³-hybridized carbons (Fsp3) is 0.143. The summed E-state index contributed by atoms with van der Waals surface area (Å²) in [6.07, 6.45) is -0.261. The molecule has 0 saturated heterocycles. The molecule has 29 heavy (non-hydrogen) atoms. The fourth-order valence-corrected chi connectivity index (χ4v) is 3.14. The monoisotopic (exact) mass is 412 g/mol. The maximum atomic E-state index is 12.8. The Kier molecular flexibility index (Phi) is 6.80. The Morgan fingerprint density at radius 2 is 1.72 bits per heavy atom. The number of thiazole rings is 1. The first kappa shape index (κ1) is 20.3. The Hall–Kier alpha value is -3.39. The van der Waals surface area contributed by atoms with E-state index in [0.29, 0.717) is 5.13 Å². The average molecular weight is 412 g/mol. The van der Waals surface area contributed by atoms with Gasteiger partial charge in [0.05, 0.1) is 12.1 Å². The number of anilines is 1. The molecule has 3 rings (SSSR count). The predicted molar refractivity (Wildman–Crippen MR) is 107 cm³/mol. The Morgan fingerprint density at radius 3 is 2.45 bits per heavy atom. The van der Waals surface area contributed by atoms with Gasteiger partial charge in [0.1, 0.15) is 5.82 Å². The van der Waals surface area contributed by atoms with E-state index in [1.807, 2.05) is 35.7 Å². The van der Waals surface area contributed by atoms with Crippen LogP contribution in [0, 0.1) is 5.82 Å². The van der Waals surface area contributed by atoms with Crippen LogP contribution >= 0.6 is 11.3 Å². The maximum absolute atomic E-state index is 12.8. The Labute approximate surface area is 170 Å². The SMILES string of the molecule is O=C(CCC(=O)OCC(=O)c1ccc(F)cc1)Nc1nc(-c2ccccc2)cs1. The number of hydrogen-bond donors (Lipinski definition) is 1. The van der Waals surface area contributed by atoms with Gasteiger partial charge < -0.3 is 10.1 Å². The highest BCUT2D eigenvalue weighted by molar-refractivity contribution is 7.14. The van der Waals surface area contributed by atoms with Crippen LogP contribution < -0.4 is 5.32 Å². The van der Waals surface area contributed by atoms with Gasteiger partial charge in [-0.15, -0.1) is 11.3 Å². The molecule has 1 aromatic heterocycles. The third-order valence-corrected chi connectivity index (χ3v) is 4.66. The Bertz CT molecular complexity index is 1000. The predicted octanol–water partition coefficient (Wildman–Crippen LogP) is 4.09. The number of esters is 1. The van der Waals surface area contributed by atoms with E-state index in [4.69, 9.17) is 4.74 Å². The average Bonchev–Trinajstić information content (AvgIpc) is 3.20. The number of aromatic nitrogens is 1. The van der Waals surface area contributed by atoms with Crippen molar-refractivity contribution in [2.75, 3.05) is 11.9 Å². The standard InChI is InChI=1S/C21H17FN2O4S/c22-16-8-6-15(7-9-16)18(25)12-28-20(27)11-10-19(26)24-21-23-17(13-29-21)14-4-2-1-3-5-14/h1-9,13H,10-12H2,(H,23,24,26). The van der Waals surface area contributed by atoms with Gasteiger partial charge in [-0.25, -0.2) is 9.37 Å². The first-order valence-electron chi connectivity index (χ1n) is 8.76. The van der Waals surface area contributed by atoms with Gasteiger partial charge in [-0.2, -0.15) is 0 Å². The topological polar surface area (TPSA) is 85.4 Å². The summed E-state index contributed by atoms with van der Waals surface area (Å²) in [7, 11) is 0. The number of rotatable bonds is 8. The second kappa shape index (κ2) is 9.70. The molecule has 0 unspecified atom stereocenters. The Morgan fingerprint density at radius 1 is 1.00 bits per heavy atom. The van der Waals surface area contributed by atoms with Crippen LogP contribution in [0.3, 0.4) is 0 Å². The molecule has 3 aromatic rings. The van der Waals surface area contributed by atoms with E-state index < -0.39 is 24.2 Å². The highest BCUT2D eigenvalue weighted by Crippen LogP contribution is 2.24. The molecule has 0 aliphatic carbocycles. The molecule has 148 valence electrons. The molecule has 0 fully saturated rings. The normalized spacial score (nSPS) is 10.4. The summed E-state index contributed by atoms with van der Waals surface area (Å²) >= 11 is 1.29. The zero-order valence-corrected chi connectivity index (χ0v) is 16.1. The number of nitrogens with zero attached hydrogens (tertiary/aromatic N) is 1. The Balaban J connectivity index is 1.41. The molecule has 1 N–H and O–H groups in total. The molecule has 0 radical (unpaired) electrons. The van der Waals surface area contributed by atoms with E-state index >= 15 is 0 Å². The molecule has 8 heteroatoms. The van der Waals surface area contributed by atoms with Gasteiger partial charge in [-0.05, 0) is 24.3 Å². The third kappa shape index (κ3) is 6.05. The van der Waals surface area contributed by atoms with Crippen molar-refractivity contribution in [2.45, 2.75) is 12.8 Å². The van der Waals surface area contributed by atoms with E-state index in [0.717, 1.165) is 23.4 Å². The van der Waals surface area contributed by atoms with Crippen LogP contribution in [0.1, 0.15) is 23.2 Å². The number of halogens is 1. The lowest BCUT2D eigenvalue weighted by molar-refractivity contribution is -0.143. The van der Waals surface area contributed by atoms with Gasteiger partial charge in [0, 0.05) is 22.9 Å². The van der Waals surface area contributed by atoms with Gasteiger partial charge in [-0.1, -0.05) is 30.3 Å². The molecule has 0 aliphatic rings. The second-order valence-corrected chi connectivity index (χ2v) is 6.90. The largest absolute Gasteiger partial charge is 0.457 e. The van der Waals surface area contributed by atoms with Crippen LogP contribution in [-0.2, 0) is 14.3 Å². The van der Waals surface area contributed by atoms with Crippen LogP contribution in [0.15, 0.2) is 60.0 Å². The van der Waals surface area contributed by atoms with Gasteiger partial charge in [0.25, 0.3) is 0 Å². The van der Waals surface area contributed by atoms with Crippen molar-refractivity contribution in [2.24, 2.45) is 0 Å². The van der Waals surface area contributed by atoms with Crippen molar-refractivity contribution >= 4 is 34.1 Å². The van der Waals surface area contributed by atoms with Crippen molar-refractivity contribution in [1.29, 1.82) is 0 Å². The van der Waals surface area contributed by atoms with Crippen LogP contribution in [0.2, 0.25) is 0 Å². The minimum atomic E-state index is -0.667. The second-order valence-electron chi connectivity index (χ2n) is 6.04. The number of ether oxygens (including phenoxy) is 1. The van der Waals surface area contributed by atoms with E-state index in [-0.39, 0.29) is 24.3 Å². The number of Topliss-reactive ketones (excluding diaryl/α,β-unsaturated/α-hetero) is 1. The van der Waals surface area contributed by atoms with Gasteiger partial charge >= 0.3 is 5.97 Å². The third-order valence-electron chi connectivity index (χ3n) is 3.91. The van der Waals surface area contributed by atoms with E-state index in [1.54, 1.807) is 0 Å². The van der Waals surface area contributed by atoms with Gasteiger partial charge in [-0.3, -0.25) is 14.4 Å². The number of nitrogens with one attached hydrogen (secondary N) is 1. The van der Waals surface area contributed by atoms with Crippen LogP contribution in [0.5, 0.6) is 0 Å². The maximum Gasteiger partial charge on any atom is 0.306 e. The quantitative estimate of drug-likeness (QED) is 0.445. The summed E-state index contributed by atoms with van der Waals surface area (Å²) in [4.78, 5) is 40.0. The van der Waals surface area contributed by atoms with Crippen LogP contribution in [0.4, 0.5) is 9.52 Å². The lowest BCUT2D eigenvalue weighted by atomic mass is 10.1. The highest BCUT2D eigenvalue weighted by atomic mass is 32.1. The summed E-state index contributed by atoms with van der Waals surface area (Å²) in [6.45, 7) is -0.459. The van der Waals surface area contributed by atoms with Crippen molar-refractivity contribution in [3.8, 4) is 11.3 Å². The van der Waals surface area contributed by atoms with E-state index in [9.17, 15) is 18.8 Å². The zero-order chi connectivity index (χ0) is 20.6. The van der Waals surface area contributed by atoms with Gasteiger partial charge in [0.15, 0.2) is 17.5 Å². The lowest BCUT2D eigenvalue weighted by Gasteiger charge is -2.05. The van der Waals surface area contributed by atoms with Crippen molar-refractivity contribution in [3.63, 3.8) is 0 Å². The lowest BCUT2D eigenvalue weighted by Crippen LogP contribution is -2.17. The van der Waals surface area contributed by atoms with Crippen molar-refractivity contribution in [1.82, 2.24) is 4.98 Å². The fourth-order valence-electron chi connectivity index (χ4n) is 2.41. The van der Waals surface area contributed by atoms with E-state index in [2.05, 4.69) is 10.3 Å². The summed E-state index contributed by atoms with van der Waals surface area (Å²) in [6, 6.07) is 14.5. The molecule has 6 nitrogen and oxygen atoms in total. The van der Waals surface area contributed by atoms with Crippen molar-refractivity contribution < 1.29 is 23.5 Å². The number of hydrogen-bond acceptors (Lipinski definition) is 6. The first-order chi connectivity index (χ1) is 14.0. The zero-order valence-electron chi connectivity index (χ0n) is 15.3. The highest BCUT2D eigenvalue weighted by Gasteiger charge is 2.13. The number of benzene rings is 2. The minimum Gasteiger partial charge on any atom is -0.457 e. The summed E-state index contributed by atoms with van der Waals surface area (Å²) in [5, 5.41) is 4.91. The van der Waals surface area contributed by atoms with E-state index in [1.165, 1.54) is 23.5 Å². The number of carbonyl (C=O) groups excluding carboxylic acids is 3. The molecule has 0 spiro atoms. The molecular formula is C21H17FN2O4S. The number of ketones is 1. The molecule has 0 bridgehead atoms. The van der Waals surface area contributed by atoms with Crippen LogP contribution in [0.25, 0.3) is 11.3 Å². The minimum absolute atomic E-state index is 0.0934. The molecule has 1 amide bonds. The first-order valence-corrected chi connectivity index (χ1v) is 9.64. The molecule has 0 atom stereocenters. The van der Waals surface area contributed by atoms with Crippen molar-refractivity contribution in [3.05, 3.63) is 71.4 Å². The summed E-state index contributed by atoms with van der Waals surface area (Å²) in [5.41, 5.74) is 1.94. The van der Waals surface area contributed by atoms with Crippen LogP contribution in [-0.4, -0.2) is 29.3 Å². The smallest absolute Gasteiger partial charge is 0.306 e. The molecule has 1 heterocycles. The molecular weight excluding hydrogens is 395 g/mol. The summed E-state index contributed by atoms with van der Waals surface area (Å²) < 4.78 is 17.7. The molecule has 2 aromatic carbocycles. The number of amides is 1. The number of carbonyl (C=O) groups is 3. The molecule has 0 aliphatic heterocycles.